The average Bonchev–Trinajstić information content (AvgIpc) is 3.71. The van der Waals surface area contributed by atoms with Crippen LogP contribution in [0.1, 0.15) is 5.56 Å². The molecule has 11 rings (SSSR count). The van der Waals surface area contributed by atoms with Crippen molar-refractivity contribution in [2.45, 2.75) is 0 Å². The zero-order chi connectivity index (χ0) is 43.7. The highest BCUT2D eigenvalue weighted by Gasteiger charge is 2.24. The van der Waals surface area contributed by atoms with Crippen LogP contribution in [0.2, 0.25) is 0 Å². The van der Waals surface area contributed by atoms with E-state index in [0.717, 1.165) is 88.7 Å². The van der Waals surface area contributed by atoms with Crippen LogP contribution in [0.5, 0.6) is 0 Å². The molecule has 9 aromatic carbocycles. The Kier molecular flexibility index (Phi) is 9.86. The van der Waals surface area contributed by atoms with E-state index in [1.54, 1.807) is 0 Å². The normalized spacial score (nSPS) is 11.0. The third kappa shape index (κ3) is 7.28. The van der Waals surface area contributed by atoms with E-state index >= 15 is 0 Å². The molecule has 0 fully saturated rings. The van der Waals surface area contributed by atoms with E-state index in [0.29, 0.717) is 28.7 Å². The molecule has 2 aromatic heterocycles. The van der Waals surface area contributed by atoms with Crippen molar-refractivity contribution in [3.05, 3.63) is 235 Å². The van der Waals surface area contributed by atoms with Crippen LogP contribution in [-0.2, 0) is 0 Å². The first-order valence-corrected chi connectivity index (χ1v) is 21.3. The van der Waals surface area contributed by atoms with Crippen molar-refractivity contribution in [1.29, 1.82) is 5.26 Å². The van der Waals surface area contributed by atoms with Gasteiger partial charge in [0.25, 0.3) is 0 Å². The topological polar surface area (TPSA) is 71.8 Å². The molecule has 302 valence electrons. The Balaban J connectivity index is 1.27. The number of rotatable bonds is 8. The maximum atomic E-state index is 10.3. The molecule has 0 spiro atoms. The van der Waals surface area contributed by atoms with Gasteiger partial charge in [0.2, 0.25) is 0 Å². The Morgan fingerprint density at radius 3 is 1.29 bits per heavy atom. The van der Waals surface area contributed by atoms with Crippen molar-refractivity contribution in [3.8, 4) is 90.4 Å². The van der Waals surface area contributed by atoms with Gasteiger partial charge in [-0.2, -0.15) is 5.26 Å². The number of fused-ring (bicyclic) bond motifs is 3. The summed E-state index contributed by atoms with van der Waals surface area (Å²) in [7, 11) is 0. The van der Waals surface area contributed by atoms with Gasteiger partial charge in [0.15, 0.2) is 23.2 Å². The second-order valence-electron chi connectivity index (χ2n) is 15.8. The third-order valence-corrected chi connectivity index (χ3v) is 11.9. The first-order valence-electron chi connectivity index (χ1n) is 21.3. The van der Waals surface area contributed by atoms with Crippen LogP contribution in [0.25, 0.3) is 111 Å². The summed E-state index contributed by atoms with van der Waals surface area (Å²) >= 11 is 0. The Labute approximate surface area is 376 Å². The summed E-state index contributed by atoms with van der Waals surface area (Å²) in [4.78, 5) is 19.2. The molecule has 6 heteroatoms. The van der Waals surface area contributed by atoms with Gasteiger partial charge in [-0.1, -0.05) is 164 Å². The largest absolute Gasteiger partial charge is 0.308 e. The van der Waals surface area contributed by atoms with Crippen molar-refractivity contribution < 1.29 is 0 Å². The fraction of sp³-hybridized carbons (Fsp3) is 0. The maximum Gasteiger partial charge on any atom is 0.187 e. The minimum absolute atomic E-state index is 0.492. The maximum absolute atomic E-state index is 10.3. The molecule has 0 atom stereocenters. The first kappa shape index (κ1) is 38.7. The van der Waals surface area contributed by atoms with Gasteiger partial charge in [0, 0.05) is 38.6 Å². The summed E-state index contributed by atoms with van der Waals surface area (Å²) in [5.41, 5.74) is 14.4. The molecule has 6 nitrogen and oxygen atoms in total. The number of hydrogen-bond acceptors (Lipinski definition) is 4. The molecule has 0 saturated heterocycles. The Morgan fingerprint density at radius 2 is 0.815 bits per heavy atom. The van der Waals surface area contributed by atoms with E-state index in [-0.39, 0.29) is 0 Å². The lowest BCUT2D eigenvalue weighted by atomic mass is 9.91. The number of aromatic nitrogens is 4. The molecule has 0 aliphatic carbocycles. The minimum atomic E-state index is 0.492. The fourth-order valence-corrected chi connectivity index (χ4v) is 8.77. The number of benzene rings is 9. The van der Waals surface area contributed by atoms with Gasteiger partial charge >= 0.3 is 0 Å². The molecule has 11 aromatic rings. The molecule has 0 aliphatic rings. The van der Waals surface area contributed by atoms with Crippen LogP contribution in [0.3, 0.4) is 0 Å². The van der Waals surface area contributed by atoms with Crippen LogP contribution in [0, 0.1) is 17.9 Å². The smallest absolute Gasteiger partial charge is 0.187 e. The molecule has 0 amide bonds. The van der Waals surface area contributed by atoms with Gasteiger partial charge in [-0.3, -0.25) is 0 Å². The van der Waals surface area contributed by atoms with Gasteiger partial charge in [-0.15, -0.1) is 0 Å². The molecule has 0 saturated carbocycles. The standard InChI is InChI=1S/C59H36N6/c1-61-49-27-15-26-47(33-49)51-37-48(59-63-57(42-21-10-4-11-22-42)62-58(64-59)43-23-12-5-13-24-43)36-50(46-25-14-16-39(32-46)38-60)56(51)65-54-30-28-44(40-17-6-2-7-18-40)34-52(54)53-35-45(29-31-55(53)65)41-19-8-3-9-20-41/h2-37H. The highest BCUT2D eigenvalue weighted by Crippen LogP contribution is 2.45. The molecule has 65 heavy (non-hydrogen) atoms. The van der Waals surface area contributed by atoms with E-state index in [4.69, 9.17) is 21.5 Å². The average molecular weight is 829 g/mol. The monoisotopic (exact) mass is 828 g/mol. The van der Waals surface area contributed by atoms with Crippen molar-refractivity contribution in [1.82, 2.24) is 19.5 Å². The molecular formula is C59H36N6. The zero-order valence-corrected chi connectivity index (χ0v) is 35.0. The van der Waals surface area contributed by atoms with E-state index in [2.05, 4.69) is 125 Å². The van der Waals surface area contributed by atoms with E-state index < -0.39 is 0 Å². The molecule has 2 heterocycles. The Bertz CT molecular complexity index is 3430. The van der Waals surface area contributed by atoms with Gasteiger partial charge in [-0.05, 0) is 88.0 Å². The van der Waals surface area contributed by atoms with Crippen molar-refractivity contribution in [2.24, 2.45) is 0 Å². The summed E-state index contributed by atoms with van der Waals surface area (Å²) in [6, 6.07) is 76.4. The SMILES string of the molecule is [C-]#[N+]c1cccc(-c2cc(-c3nc(-c4ccccc4)nc(-c4ccccc4)n3)cc(-c3cccc(C#N)c3)c2-n2c3ccc(-c4ccccc4)cc3c3cc(-c4ccccc4)ccc32)c1. The molecule has 0 aliphatic heterocycles. The minimum Gasteiger partial charge on any atom is -0.308 e. The molecular weight excluding hydrogens is 793 g/mol. The summed E-state index contributed by atoms with van der Waals surface area (Å²) in [5, 5.41) is 12.5. The van der Waals surface area contributed by atoms with E-state index in [1.165, 1.54) is 0 Å². The highest BCUT2D eigenvalue weighted by molar-refractivity contribution is 6.13. The Hall–Kier alpha value is -9.23. The van der Waals surface area contributed by atoms with Crippen LogP contribution in [-0.4, -0.2) is 19.5 Å². The quantitative estimate of drug-likeness (QED) is 0.143. The van der Waals surface area contributed by atoms with Gasteiger partial charge in [0.1, 0.15) is 0 Å². The van der Waals surface area contributed by atoms with Crippen molar-refractivity contribution in [3.63, 3.8) is 0 Å². The van der Waals surface area contributed by atoms with Crippen LogP contribution < -0.4 is 0 Å². The van der Waals surface area contributed by atoms with Crippen LogP contribution in [0.15, 0.2) is 218 Å². The number of nitriles is 1. The third-order valence-electron chi connectivity index (χ3n) is 11.9. The predicted molar refractivity (Wildman–Crippen MR) is 263 cm³/mol. The zero-order valence-electron chi connectivity index (χ0n) is 35.0. The lowest BCUT2D eigenvalue weighted by Gasteiger charge is -2.21. The predicted octanol–water partition coefficient (Wildman–Crippen LogP) is 15.1. The Morgan fingerprint density at radius 1 is 0.385 bits per heavy atom. The van der Waals surface area contributed by atoms with Crippen molar-refractivity contribution >= 4 is 27.5 Å². The molecule has 0 unspecified atom stereocenters. The summed E-state index contributed by atoms with van der Waals surface area (Å²) in [6.07, 6.45) is 0. The second kappa shape index (κ2) is 16.6. The number of nitrogens with zero attached hydrogens (tertiary/aromatic N) is 6. The van der Waals surface area contributed by atoms with Crippen LogP contribution in [0.4, 0.5) is 5.69 Å². The van der Waals surface area contributed by atoms with Gasteiger partial charge in [0.05, 0.1) is 34.9 Å². The summed E-state index contributed by atoms with van der Waals surface area (Å²) < 4.78 is 2.35. The van der Waals surface area contributed by atoms with E-state index in [1.807, 2.05) is 109 Å². The summed E-state index contributed by atoms with van der Waals surface area (Å²) in [6.45, 7) is 8.06. The van der Waals surface area contributed by atoms with Gasteiger partial charge < -0.3 is 4.57 Å². The number of hydrogen-bond donors (Lipinski definition) is 0. The fourth-order valence-electron chi connectivity index (χ4n) is 8.77. The second-order valence-corrected chi connectivity index (χ2v) is 15.8. The summed E-state index contributed by atoms with van der Waals surface area (Å²) in [5.74, 6) is 1.59. The van der Waals surface area contributed by atoms with Crippen molar-refractivity contribution in [2.75, 3.05) is 0 Å². The molecule has 0 bridgehead atoms. The van der Waals surface area contributed by atoms with E-state index in [9.17, 15) is 5.26 Å². The lowest BCUT2D eigenvalue weighted by Crippen LogP contribution is -2.04. The lowest BCUT2D eigenvalue weighted by molar-refractivity contribution is 1.07. The molecule has 0 N–H and O–H groups in total. The van der Waals surface area contributed by atoms with Gasteiger partial charge in [-0.25, -0.2) is 19.8 Å². The van der Waals surface area contributed by atoms with Crippen LogP contribution >= 0.6 is 0 Å². The highest BCUT2D eigenvalue weighted by atomic mass is 15.0. The molecule has 0 radical (unpaired) electrons. The first-order chi connectivity index (χ1) is 32.1.